The van der Waals surface area contributed by atoms with Crippen LogP contribution in [0.2, 0.25) is 0 Å². The summed E-state index contributed by atoms with van der Waals surface area (Å²) in [6, 6.07) is 6.44. The first-order chi connectivity index (χ1) is 15.5. The first-order valence-corrected chi connectivity index (χ1v) is 14.1. The van der Waals surface area contributed by atoms with Gasteiger partial charge in [-0.2, -0.15) is 8.42 Å². The van der Waals surface area contributed by atoms with Gasteiger partial charge in [0, 0.05) is 6.61 Å². The summed E-state index contributed by atoms with van der Waals surface area (Å²) in [6.45, 7) is 4.52. The average molecular weight is 471 g/mol. The van der Waals surface area contributed by atoms with E-state index in [2.05, 4.69) is 6.92 Å². The maximum atomic E-state index is 12.1. The van der Waals surface area contributed by atoms with Gasteiger partial charge in [0.05, 0.1) is 18.1 Å². The number of aliphatic hydroxyl groups excluding tert-OH is 1. The van der Waals surface area contributed by atoms with E-state index in [0.717, 1.165) is 18.4 Å². The van der Waals surface area contributed by atoms with Crippen molar-refractivity contribution in [3.05, 3.63) is 29.8 Å². The fourth-order valence-electron chi connectivity index (χ4n) is 3.61. The SMILES string of the molecule is CCCCCCCCCCCCCCCCOCC(O)COS(=O)(=O)c1ccc(C)cc1. The molecular weight excluding hydrogens is 424 g/mol. The lowest BCUT2D eigenvalue weighted by atomic mass is 10.0. The van der Waals surface area contributed by atoms with Gasteiger partial charge in [0.15, 0.2) is 0 Å². The van der Waals surface area contributed by atoms with Crippen molar-refractivity contribution < 1.29 is 22.4 Å². The molecule has 1 N–H and O–H groups in total. The normalized spacial score (nSPS) is 12.8. The number of hydrogen-bond acceptors (Lipinski definition) is 5. The summed E-state index contributed by atoms with van der Waals surface area (Å²) < 4.78 is 34.6. The number of rotatable bonds is 21. The molecule has 0 saturated carbocycles. The minimum Gasteiger partial charge on any atom is -0.388 e. The monoisotopic (exact) mass is 470 g/mol. The molecule has 5 nitrogen and oxygen atoms in total. The molecule has 1 rings (SSSR count). The predicted octanol–water partition coefficient (Wildman–Crippen LogP) is 6.56. The van der Waals surface area contributed by atoms with E-state index in [9.17, 15) is 13.5 Å². The molecule has 0 aliphatic heterocycles. The Kier molecular flexibility index (Phi) is 16.8. The molecule has 1 atom stereocenters. The van der Waals surface area contributed by atoms with E-state index >= 15 is 0 Å². The van der Waals surface area contributed by atoms with Gasteiger partial charge in [-0.3, -0.25) is 4.18 Å². The van der Waals surface area contributed by atoms with Crippen molar-refractivity contribution in [1.29, 1.82) is 0 Å². The summed E-state index contributed by atoms with van der Waals surface area (Å²) in [4.78, 5) is 0.0960. The molecule has 6 heteroatoms. The highest BCUT2D eigenvalue weighted by atomic mass is 32.2. The van der Waals surface area contributed by atoms with Crippen molar-refractivity contribution in [3.63, 3.8) is 0 Å². The Bertz CT molecular complexity index is 657. The van der Waals surface area contributed by atoms with Crippen molar-refractivity contribution in [2.75, 3.05) is 19.8 Å². The molecule has 0 aliphatic carbocycles. The molecule has 32 heavy (non-hydrogen) atoms. The predicted molar refractivity (Wildman–Crippen MR) is 131 cm³/mol. The quantitative estimate of drug-likeness (QED) is 0.163. The molecule has 0 aliphatic rings. The number of aryl methyl sites for hydroxylation is 1. The highest BCUT2D eigenvalue weighted by Gasteiger charge is 2.17. The van der Waals surface area contributed by atoms with E-state index in [0.29, 0.717) is 6.61 Å². The highest BCUT2D eigenvalue weighted by molar-refractivity contribution is 7.86. The summed E-state index contributed by atoms with van der Waals surface area (Å²) in [5.74, 6) is 0. The fourth-order valence-corrected chi connectivity index (χ4v) is 4.55. The summed E-state index contributed by atoms with van der Waals surface area (Å²) in [5, 5.41) is 9.90. The summed E-state index contributed by atoms with van der Waals surface area (Å²) in [5.41, 5.74) is 0.973. The third-order valence-electron chi connectivity index (χ3n) is 5.68. The number of hydrogen-bond donors (Lipinski definition) is 1. The van der Waals surface area contributed by atoms with E-state index in [1.165, 1.54) is 89.2 Å². The van der Waals surface area contributed by atoms with Crippen LogP contribution in [0.5, 0.6) is 0 Å². The lowest BCUT2D eigenvalue weighted by Gasteiger charge is -2.12. The number of ether oxygens (including phenoxy) is 1. The molecular formula is C26H46O5S. The Balaban J connectivity index is 1.90. The number of unbranched alkanes of at least 4 members (excludes halogenated alkanes) is 13. The molecule has 1 unspecified atom stereocenters. The highest BCUT2D eigenvalue weighted by Crippen LogP contribution is 2.14. The minimum atomic E-state index is -3.85. The topological polar surface area (TPSA) is 72.8 Å². The largest absolute Gasteiger partial charge is 0.388 e. The maximum absolute atomic E-state index is 12.1. The van der Waals surface area contributed by atoms with Gasteiger partial charge in [0.25, 0.3) is 10.1 Å². The van der Waals surface area contributed by atoms with Crippen LogP contribution in [0.1, 0.15) is 102 Å². The Morgan fingerprint density at radius 2 is 1.22 bits per heavy atom. The third-order valence-corrected chi connectivity index (χ3v) is 6.97. The van der Waals surface area contributed by atoms with Crippen LogP contribution >= 0.6 is 0 Å². The molecule has 0 saturated heterocycles. The van der Waals surface area contributed by atoms with E-state index in [1.807, 2.05) is 6.92 Å². The lowest BCUT2D eigenvalue weighted by Crippen LogP contribution is -2.24. The van der Waals surface area contributed by atoms with Gasteiger partial charge >= 0.3 is 0 Å². The fraction of sp³-hybridized carbons (Fsp3) is 0.769. The Morgan fingerprint density at radius 1 is 0.750 bits per heavy atom. The average Bonchev–Trinajstić information content (AvgIpc) is 2.78. The van der Waals surface area contributed by atoms with Crippen LogP contribution in [-0.2, 0) is 19.0 Å². The zero-order valence-corrected chi connectivity index (χ0v) is 21.2. The van der Waals surface area contributed by atoms with Gasteiger partial charge < -0.3 is 9.84 Å². The second-order valence-electron chi connectivity index (χ2n) is 8.88. The molecule has 1 aromatic rings. The van der Waals surface area contributed by atoms with Crippen LogP contribution in [0.25, 0.3) is 0 Å². The first-order valence-electron chi connectivity index (χ1n) is 12.7. The number of benzene rings is 1. The zero-order valence-electron chi connectivity index (χ0n) is 20.4. The molecule has 0 fully saturated rings. The molecule has 0 radical (unpaired) electrons. The van der Waals surface area contributed by atoms with E-state index in [1.54, 1.807) is 12.1 Å². The van der Waals surface area contributed by atoms with Crippen LogP contribution in [-0.4, -0.2) is 39.4 Å². The molecule has 1 aromatic carbocycles. The van der Waals surface area contributed by atoms with Crippen LogP contribution < -0.4 is 0 Å². The van der Waals surface area contributed by atoms with Crippen molar-refractivity contribution in [2.24, 2.45) is 0 Å². The van der Waals surface area contributed by atoms with Crippen molar-refractivity contribution >= 4 is 10.1 Å². The molecule has 0 heterocycles. The minimum absolute atomic E-state index is 0.0852. The summed E-state index contributed by atoms with van der Waals surface area (Å²) in [6.07, 6.45) is 17.4. The van der Waals surface area contributed by atoms with Gasteiger partial charge in [-0.1, -0.05) is 108 Å². The molecule has 0 spiro atoms. The van der Waals surface area contributed by atoms with Gasteiger partial charge in [-0.25, -0.2) is 0 Å². The van der Waals surface area contributed by atoms with Gasteiger partial charge in [0.1, 0.15) is 6.10 Å². The second kappa shape index (κ2) is 18.5. The Morgan fingerprint density at radius 3 is 1.72 bits per heavy atom. The molecule has 0 aromatic heterocycles. The van der Waals surface area contributed by atoms with Crippen LogP contribution in [0, 0.1) is 6.92 Å². The van der Waals surface area contributed by atoms with E-state index in [4.69, 9.17) is 8.92 Å². The van der Waals surface area contributed by atoms with Crippen LogP contribution in [0.3, 0.4) is 0 Å². The first kappa shape index (κ1) is 29.1. The van der Waals surface area contributed by atoms with Crippen molar-refractivity contribution in [1.82, 2.24) is 0 Å². The zero-order chi connectivity index (χ0) is 23.5. The number of aliphatic hydroxyl groups is 1. The molecule has 0 bridgehead atoms. The summed E-state index contributed by atoms with van der Waals surface area (Å²) in [7, 11) is -3.85. The Hall–Kier alpha value is -0.950. The van der Waals surface area contributed by atoms with Gasteiger partial charge in [0.2, 0.25) is 0 Å². The van der Waals surface area contributed by atoms with E-state index in [-0.39, 0.29) is 18.1 Å². The maximum Gasteiger partial charge on any atom is 0.297 e. The van der Waals surface area contributed by atoms with Crippen LogP contribution in [0.4, 0.5) is 0 Å². The molecule has 0 amide bonds. The Labute approximate surface area is 197 Å². The lowest BCUT2D eigenvalue weighted by molar-refractivity contribution is 0.0122. The third kappa shape index (κ3) is 15.0. The smallest absolute Gasteiger partial charge is 0.297 e. The standard InChI is InChI=1S/C26H46O5S/c1-3-4-5-6-7-8-9-10-11-12-13-14-15-16-21-30-22-25(27)23-31-32(28,29)26-19-17-24(2)18-20-26/h17-20,25,27H,3-16,21-23H2,1-2H3. The van der Waals surface area contributed by atoms with Gasteiger partial charge in [-0.15, -0.1) is 0 Å². The second-order valence-corrected chi connectivity index (χ2v) is 10.5. The van der Waals surface area contributed by atoms with Crippen molar-refractivity contribution in [2.45, 2.75) is 115 Å². The molecule has 186 valence electrons. The summed E-state index contributed by atoms with van der Waals surface area (Å²) >= 11 is 0. The van der Waals surface area contributed by atoms with Crippen molar-refractivity contribution in [3.8, 4) is 0 Å². The van der Waals surface area contributed by atoms with Crippen LogP contribution in [0.15, 0.2) is 29.2 Å². The van der Waals surface area contributed by atoms with E-state index < -0.39 is 16.2 Å². The van der Waals surface area contributed by atoms with Gasteiger partial charge in [-0.05, 0) is 25.5 Å².